The molecule has 1 saturated heterocycles. The average molecular weight is 448 g/mol. The van der Waals surface area contributed by atoms with Gasteiger partial charge in [0.25, 0.3) is 11.6 Å². The first kappa shape index (κ1) is 23.8. The maximum absolute atomic E-state index is 14.5. The van der Waals surface area contributed by atoms with E-state index >= 15 is 0 Å². The van der Waals surface area contributed by atoms with Gasteiger partial charge in [-0.2, -0.15) is 13.2 Å². The summed E-state index contributed by atoms with van der Waals surface area (Å²) in [6.07, 6.45) is -3.39. The number of ether oxygens (including phenoxy) is 1. The van der Waals surface area contributed by atoms with Crippen molar-refractivity contribution in [3.05, 3.63) is 71.8 Å². The first-order chi connectivity index (χ1) is 15.3. The lowest BCUT2D eigenvalue weighted by Crippen LogP contribution is -2.74. The van der Waals surface area contributed by atoms with Gasteiger partial charge in [-0.15, -0.1) is 0 Å². The minimum atomic E-state index is -5.07. The van der Waals surface area contributed by atoms with E-state index in [0.29, 0.717) is 12.8 Å². The summed E-state index contributed by atoms with van der Waals surface area (Å²) in [5.41, 5.74) is -2.09. The highest BCUT2D eigenvalue weighted by molar-refractivity contribution is 5.98. The molecule has 3 rings (SSSR count). The smallest absolute Gasteiger partial charge is 0.436 e. The third-order valence-corrected chi connectivity index (χ3v) is 5.77. The SMILES string of the molecule is CCOC(=O)[C@@](NC(=O)c1ccccc1)(N1CCC(Cc2ccccc2)CC1)C(F)(F)F. The van der Waals surface area contributed by atoms with Crippen LogP contribution in [0.5, 0.6) is 0 Å². The first-order valence-corrected chi connectivity index (χ1v) is 10.7. The lowest BCUT2D eigenvalue weighted by Gasteiger charge is -2.45. The molecule has 0 spiro atoms. The number of amides is 1. The lowest BCUT2D eigenvalue weighted by atomic mass is 9.88. The molecule has 0 radical (unpaired) electrons. The van der Waals surface area contributed by atoms with E-state index in [1.54, 1.807) is 18.2 Å². The molecule has 1 aliphatic rings. The molecule has 0 unspecified atom stereocenters. The van der Waals surface area contributed by atoms with Crippen LogP contribution in [-0.4, -0.2) is 48.3 Å². The average Bonchev–Trinajstić information content (AvgIpc) is 2.78. The number of likely N-dealkylation sites (tertiary alicyclic amines) is 1. The van der Waals surface area contributed by atoms with E-state index in [9.17, 15) is 22.8 Å². The largest absolute Gasteiger partial charge is 0.463 e. The van der Waals surface area contributed by atoms with Gasteiger partial charge in [-0.25, -0.2) is 4.79 Å². The van der Waals surface area contributed by atoms with Crippen molar-refractivity contribution in [2.45, 2.75) is 38.0 Å². The van der Waals surface area contributed by atoms with Crippen LogP contribution < -0.4 is 5.32 Å². The highest BCUT2D eigenvalue weighted by atomic mass is 19.4. The van der Waals surface area contributed by atoms with Crippen LogP contribution in [0.15, 0.2) is 60.7 Å². The van der Waals surface area contributed by atoms with Crippen LogP contribution in [-0.2, 0) is 16.0 Å². The fourth-order valence-electron chi connectivity index (χ4n) is 4.11. The minimum absolute atomic E-state index is 0.00486. The third kappa shape index (κ3) is 5.12. The summed E-state index contributed by atoms with van der Waals surface area (Å²) in [6, 6.07) is 17.3. The molecule has 172 valence electrons. The maximum atomic E-state index is 14.5. The fourth-order valence-corrected chi connectivity index (χ4v) is 4.11. The molecule has 5 nitrogen and oxygen atoms in total. The summed E-state index contributed by atoms with van der Waals surface area (Å²) in [5, 5.41) is 1.99. The number of halogens is 3. The van der Waals surface area contributed by atoms with Gasteiger partial charge in [-0.05, 0) is 49.8 Å². The van der Waals surface area contributed by atoms with E-state index in [4.69, 9.17) is 4.74 Å². The molecule has 1 amide bonds. The number of carbonyl (C=O) groups is 2. The molecule has 0 saturated carbocycles. The molecule has 1 aliphatic heterocycles. The van der Waals surface area contributed by atoms with Crippen molar-refractivity contribution in [2.75, 3.05) is 19.7 Å². The Morgan fingerprint density at radius 3 is 2.09 bits per heavy atom. The number of esters is 1. The molecule has 0 aliphatic carbocycles. The summed E-state index contributed by atoms with van der Waals surface area (Å²) >= 11 is 0. The number of alkyl halides is 3. The van der Waals surface area contributed by atoms with E-state index in [1.807, 2.05) is 35.6 Å². The number of hydrogen-bond acceptors (Lipinski definition) is 4. The molecule has 2 aromatic rings. The monoisotopic (exact) mass is 448 g/mol. The lowest BCUT2D eigenvalue weighted by molar-refractivity contribution is -0.249. The highest BCUT2D eigenvalue weighted by Crippen LogP contribution is 2.38. The van der Waals surface area contributed by atoms with Crippen LogP contribution in [0.2, 0.25) is 0 Å². The summed E-state index contributed by atoms with van der Waals surface area (Å²) in [5.74, 6) is -2.31. The van der Waals surface area contributed by atoms with Crippen molar-refractivity contribution in [3.63, 3.8) is 0 Å². The molecule has 0 aromatic heterocycles. The Kier molecular flexibility index (Phi) is 7.56. The topological polar surface area (TPSA) is 58.6 Å². The quantitative estimate of drug-likeness (QED) is 0.646. The molecule has 0 bridgehead atoms. The number of nitrogens with zero attached hydrogens (tertiary/aromatic N) is 1. The predicted octanol–water partition coefficient (Wildman–Crippen LogP) is 4.19. The second kappa shape index (κ2) is 10.2. The van der Waals surface area contributed by atoms with Crippen LogP contribution >= 0.6 is 0 Å². The van der Waals surface area contributed by atoms with E-state index in [-0.39, 0.29) is 31.2 Å². The van der Waals surface area contributed by atoms with E-state index < -0.39 is 23.7 Å². The summed E-state index contributed by atoms with van der Waals surface area (Å²) < 4.78 is 48.3. The molecular formula is C24H27F3N2O3. The first-order valence-electron chi connectivity index (χ1n) is 10.7. The van der Waals surface area contributed by atoms with Crippen molar-refractivity contribution in [1.82, 2.24) is 10.2 Å². The van der Waals surface area contributed by atoms with Gasteiger partial charge < -0.3 is 10.1 Å². The van der Waals surface area contributed by atoms with Gasteiger partial charge in [0.1, 0.15) is 0 Å². The fraction of sp³-hybridized carbons (Fsp3) is 0.417. The van der Waals surface area contributed by atoms with Crippen molar-refractivity contribution >= 4 is 11.9 Å². The molecular weight excluding hydrogens is 421 g/mol. The number of benzene rings is 2. The Balaban J connectivity index is 1.85. The van der Waals surface area contributed by atoms with Crippen LogP contribution in [0.25, 0.3) is 0 Å². The second-order valence-electron chi connectivity index (χ2n) is 7.87. The third-order valence-electron chi connectivity index (χ3n) is 5.77. The van der Waals surface area contributed by atoms with Crippen LogP contribution in [0.1, 0.15) is 35.7 Å². The Hall–Kier alpha value is -2.87. The molecule has 1 N–H and O–H groups in total. The van der Waals surface area contributed by atoms with Gasteiger partial charge in [-0.3, -0.25) is 9.69 Å². The number of nitrogens with one attached hydrogen (secondary N) is 1. The zero-order valence-electron chi connectivity index (χ0n) is 17.9. The van der Waals surface area contributed by atoms with Crippen molar-refractivity contribution in [2.24, 2.45) is 5.92 Å². The van der Waals surface area contributed by atoms with Crippen molar-refractivity contribution in [3.8, 4) is 0 Å². The van der Waals surface area contributed by atoms with Gasteiger partial charge in [0.15, 0.2) is 0 Å². The van der Waals surface area contributed by atoms with Crippen LogP contribution in [0, 0.1) is 5.92 Å². The molecule has 8 heteroatoms. The normalized spacial score (nSPS) is 17.4. The summed E-state index contributed by atoms with van der Waals surface area (Å²) in [7, 11) is 0. The van der Waals surface area contributed by atoms with Gasteiger partial charge in [0.2, 0.25) is 0 Å². The molecule has 1 atom stereocenters. The number of rotatable bonds is 7. The Morgan fingerprint density at radius 1 is 1.00 bits per heavy atom. The zero-order valence-corrected chi connectivity index (χ0v) is 17.9. The van der Waals surface area contributed by atoms with Gasteiger partial charge in [0, 0.05) is 18.7 Å². The van der Waals surface area contributed by atoms with E-state index in [0.717, 1.165) is 16.9 Å². The number of hydrogen-bond donors (Lipinski definition) is 1. The zero-order chi connectivity index (χ0) is 23.2. The van der Waals surface area contributed by atoms with Crippen LogP contribution in [0.3, 0.4) is 0 Å². The molecule has 1 fully saturated rings. The van der Waals surface area contributed by atoms with Crippen molar-refractivity contribution in [1.29, 1.82) is 0 Å². The van der Waals surface area contributed by atoms with E-state index in [1.165, 1.54) is 19.1 Å². The van der Waals surface area contributed by atoms with Gasteiger partial charge >= 0.3 is 12.1 Å². The van der Waals surface area contributed by atoms with Gasteiger partial charge in [0.05, 0.1) is 6.61 Å². The number of piperidine rings is 1. The molecule has 1 heterocycles. The Labute approximate surface area is 185 Å². The van der Waals surface area contributed by atoms with Gasteiger partial charge in [-0.1, -0.05) is 48.5 Å². The van der Waals surface area contributed by atoms with E-state index in [2.05, 4.69) is 0 Å². The summed E-state index contributed by atoms with van der Waals surface area (Å²) in [6.45, 7) is 1.21. The molecule has 32 heavy (non-hydrogen) atoms. The molecule has 2 aromatic carbocycles. The number of carbonyl (C=O) groups excluding carboxylic acids is 2. The van der Waals surface area contributed by atoms with Crippen LogP contribution in [0.4, 0.5) is 13.2 Å². The minimum Gasteiger partial charge on any atom is -0.463 e. The predicted molar refractivity (Wildman–Crippen MR) is 114 cm³/mol. The Morgan fingerprint density at radius 2 is 1.56 bits per heavy atom. The Bertz CT molecular complexity index is 898. The second-order valence-corrected chi connectivity index (χ2v) is 7.87. The highest BCUT2D eigenvalue weighted by Gasteiger charge is 2.66. The standard InChI is InChI=1S/C24H27F3N2O3/c1-2-32-22(31)23(24(25,26)27,28-21(30)20-11-7-4-8-12-20)29-15-13-19(14-16-29)17-18-9-5-3-6-10-18/h3-12,19H,2,13-17H2,1H3,(H,28,30)/t23-/m1/s1. The van der Waals surface area contributed by atoms with Crippen molar-refractivity contribution < 1.29 is 27.5 Å². The maximum Gasteiger partial charge on any atom is 0.436 e. The summed E-state index contributed by atoms with van der Waals surface area (Å²) in [4.78, 5) is 26.5.